The number of rotatable bonds is 3. The summed E-state index contributed by atoms with van der Waals surface area (Å²) in [4.78, 5) is 0. The highest BCUT2D eigenvalue weighted by atomic mass is 35.7. The molecule has 0 saturated carbocycles. The highest BCUT2D eigenvalue weighted by Crippen LogP contribution is 2.53. The van der Waals surface area contributed by atoms with Gasteiger partial charge in [0.1, 0.15) is 5.75 Å². The van der Waals surface area contributed by atoms with E-state index in [1.54, 1.807) is 0 Å². The van der Waals surface area contributed by atoms with Gasteiger partial charge < -0.3 is 4.52 Å². The van der Waals surface area contributed by atoms with Crippen LogP contribution in [0.1, 0.15) is 0 Å². The van der Waals surface area contributed by atoms with E-state index in [0.29, 0.717) is 5.02 Å². The number of hydrogen-bond acceptors (Lipinski definition) is 3. The molecule has 0 saturated heterocycles. The first-order valence-corrected chi connectivity index (χ1v) is 6.65. The van der Waals surface area contributed by atoms with E-state index in [1.807, 2.05) is 0 Å². The predicted octanol–water partition coefficient (Wildman–Crippen LogP) is 4.37. The molecule has 0 aliphatic carbocycles. The van der Waals surface area contributed by atoms with Crippen molar-refractivity contribution in [2.24, 2.45) is 0 Å². The molecule has 1 aromatic carbocycles. The van der Waals surface area contributed by atoms with Crippen LogP contribution in [0.25, 0.3) is 0 Å². The monoisotopic (exact) mass is 274 g/mol. The quantitative estimate of drug-likeness (QED) is 0.769. The molecule has 1 unspecified atom stereocenters. The lowest BCUT2D eigenvalue weighted by atomic mass is 10.3. The third-order valence-electron chi connectivity index (χ3n) is 1.32. The Hall–Kier alpha value is 0.0800. The van der Waals surface area contributed by atoms with Gasteiger partial charge in [0.25, 0.3) is 0 Å². The maximum absolute atomic E-state index is 11.2. The van der Waals surface area contributed by atoms with Crippen LogP contribution >= 0.6 is 41.4 Å². The number of hydrogen-bond donors (Lipinski definition) is 0. The first-order valence-electron chi connectivity index (χ1n) is 3.45. The van der Waals surface area contributed by atoms with Gasteiger partial charge in [-0.1, -0.05) is 23.2 Å². The Balaban J connectivity index is 2.93. The predicted molar refractivity (Wildman–Crippen MR) is 57.6 cm³/mol. The molecule has 0 aromatic heterocycles. The molecule has 0 fully saturated rings. The molecule has 0 aliphatic heterocycles. The van der Waals surface area contributed by atoms with Crippen LogP contribution in [0.5, 0.6) is 5.75 Å². The van der Waals surface area contributed by atoms with Gasteiger partial charge >= 0.3 is 6.95 Å². The number of benzene rings is 1. The van der Waals surface area contributed by atoms with E-state index in [1.165, 1.54) is 25.3 Å². The van der Waals surface area contributed by atoms with Crippen molar-refractivity contribution in [3.05, 3.63) is 28.2 Å². The summed E-state index contributed by atoms with van der Waals surface area (Å²) in [7, 11) is 1.18. The smallest absolute Gasteiger partial charge is 0.412 e. The van der Waals surface area contributed by atoms with Crippen LogP contribution in [0.4, 0.5) is 0 Å². The van der Waals surface area contributed by atoms with Gasteiger partial charge in [-0.15, -0.1) is 0 Å². The second-order valence-corrected chi connectivity index (χ2v) is 5.77. The zero-order valence-electron chi connectivity index (χ0n) is 7.04. The van der Waals surface area contributed by atoms with Crippen molar-refractivity contribution in [1.82, 2.24) is 0 Å². The van der Waals surface area contributed by atoms with Crippen molar-refractivity contribution in [2.75, 3.05) is 7.11 Å². The molecule has 7 heteroatoms. The van der Waals surface area contributed by atoms with Crippen molar-refractivity contribution in [3.63, 3.8) is 0 Å². The Labute approximate surface area is 96.2 Å². The van der Waals surface area contributed by atoms with Crippen molar-refractivity contribution in [3.8, 4) is 5.75 Å². The average Bonchev–Trinajstić information content (AvgIpc) is 2.10. The summed E-state index contributed by atoms with van der Waals surface area (Å²) in [6.45, 7) is -3.59. The molecular formula is C7H6Cl3O3P. The molecule has 0 heterocycles. The van der Waals surface area contributed by atoms with E-state index >= 15 is 0 Å². The highest BCUT2D eigenvalue weighted by Gasteiger charge is 2.21. The standard InChI is InChI=1S/C7H6Cl3O3P/c1-12-14(10,11)13-7-3-2-5(8)4-6(7)9/h2-4H,1H3. The minimum Gasteiger partial charge on any atom is -0.412 e. The average molecular weight is 275 g/mol. The van der Waals surface area contributed by atoms with E-state index in [2.05, 4.69) is 4.52 Å². The van der Waals surface area contributed by atoms with Crippen LogP contribution in [0, 0.1) is 0 Å². The topological polar surface area (TPSA) is 35.5 Å². The van der Waals surface area contributed by atoms with Gasteiger partial charge in [-0.05, 0) is 18.2 Å². The van der Waals surface area contributed by atoms with E-state index in [0.717, 1.165) is 0 Å². The fourth-order valence-corrected chi connectivity index (χ4v) is 1.90. The molecule has 0 bridgehead atoms. The van der Waals surface area contributed by atoms with Gasteiger partial charge in [0.05, 0.1) is 5.02 Å². The van der Waals surface area contributed by atoms with Gasteiger partial charge in [0.15, 0.2) is 0 Å². The fraction of sp³-hybridized carbons (Fsp3) is 0.143. The van der Waals surface area contributed by atoms with Crippen LogP contribution in [-0.4, -0.2) is 7.11 Å². The van der Waals surface area contributed by atoms with Gasteiger partial charge in [-0.3, -0.25) is 4.52 Å². The molecule has 1 rings (SSSR count). The third kappa shape index (κ3) is 3.34. The van der Waals surface area contributed by atoms with Crippen LogP contribution in [-0.2, 0) is 9.09 Å². The van der Waals surface area contributed by atoms with Crippen LogP contribution < -0.4 is 4.52 Å². The SMILES string of the molecule is COP(=O)(Cl)Oc1ccc(Cl)cc1Cl. The van der Waals surface area contributed by atoms with E-state index in [9.17, 15) is 4.57 Å². The molecular weight excluding hydrogens is 269 g/mol. The third-order valence-corrected chi connectivity index (χ3v) is 3.32. The molecule has 14 heavy (non-hydrogen) atoms. The molecule has 0 N–H and O–H groups in total. The second-order valence-electron chi connectivity index (χ2n) is 2.28. The van der Waals surface area contributed by atoms with Crippen LogP contribution in [0.15, 0.2) is 18.2 Å². The first-order chi connectivity index (χ1) is 6.44. The van der Waals surface area contributed by atoms with E-state index in [-0.39, 0.29) is 10.8 Å². The molecule has 1 atom stereocenters. The Morgan fingerprint density at radius 3 is 2.50 bits per heavy atom. The lowest BCUT2D eigenvalue weighted by Crippen LogP contribution is -1.89. The molecule has 78 valence electrons. The summed E-state index contributed by atoms with van der Waals surface area (Å²) >= 11 is 16.8. The highest BCUT2D eigenvalue weighted by molar-refractivity contribution is 7.81. The zero-order valence-corrected chi connectivity index (χ0v) is 10.2. The molecule has 1 aromatic rings. The van der Waals surface area contributed by atoms with E-state index < -0.39 is 6.95 Å². The summed E-state index contributed by atoms with van der Waals surface area (Å²) < 4.78 is 20.5. The van der Waals surface area contributed by atoms with Crippen molar-refractivity contribution in [2.45, 2.75) is 0 Å². The Morgan fingerprint density at radius 1 is 1.36 bits per heavy atom. The lowest BCUT2D eigenvalue weighted by Gasteiger charge is -2.11. The largest absolute Gasteiger partial charge is 0.476 e. The molecule has 0 amide bonds. The van der Waals surface area contributed by atoms with Gasteiger partial charge in [-0.25, -0.2) is 4.57 Å². The lowest BCUT2D eigenvalue weighted by molar-refractivity contribution is 0.340. The molecule has 3 nitrogen and oxygen atoms in total. The fourth-order valence-electron chi connectivity index (χ4n) is 0.704. The normalized spacial score (nSPS) is 14.9. The summed E-state index contributed by atoms with van der Waals surface area (Å²) in [5, 5.41) is 0.666. The van der Waals surface area contributed by atoms with E-state index in [4.69, 9.17) is 39.0 Å². The maximum Gasteiger partial charge on any atom is 0.476 e. The molecule has 0 aliphatic rings. The molecule has 0 radical (unpaired) electrons. The van der Waals surface area contributed by atoms with Gasteiger partial charge in [0.2, 0.25) is 0 Å². The Morgan fingerprint density at radius 2 is 2.00 bits per heavy atom. The Kier molecular flexibility index (Phi) is 4.11. The van der Waals surface area contributed by atoms with Crippen LogP contribution in [0.3, 0.4) is 0 Å². The summed E-state index contributed by atoms with van der Waals surface area (Å²) in [5.74, 6) is 0.163. The van der Waals surface area contributed by atoms with Gasteiger partial charge in [-0.2, -0.15) is 0 Å². The summed E-state index contributed by atoms with van der Waals surface area (Å²) in [6, 6.07) is 4.44. The second kappa shape index (κ2) is 4.73. The minimum atomic E-state index is -3.59. The first kappa shape index (κ1) is 12.2. The molecule has 0 spiro atoms. The summed E-state index contributed by atoms with van der Waals surface area (Å²) in [6.07, 6.45) is 0. The summed E-state index contributed by atoms with van der Waals surface area (Å²) in [5.41, 5.74) is 0. The minimum absolute atomic E-state index is 0.163. The zero-order chi connectivity index (χ0) is 10.8. The van der Waals surface area contributed by atoms with Crippen molar-refractivity contribution in [1.29, 1.82) is 0 Å². The maximum atomic E-state index is 11.2. The van der Waals surface area contributed by atoms with Crippen LogP contribution in [0.2, 0.25) is 10.0 Å². The van der Waals surface area contributed by atoms with Crippen molar-refractivity contribution >= 4 is 41.4 Å². The number of halogens is 3. The Bertz CT molecular complexity index is 382. The van der Waals surface area contributed by atoms with Gasteiger partial charge in [0, 0.05) is 23.4 Å². The van der Waals surface area contributed by atoms with Crippen molar-refractivity contribution < 1.29 is 13.6 Å².